The minimum atomic E-state index is -1.28. The van der Waals surface area contributed by atoms with E-state index in [1.807, 2.05) is 0 Å². The second-order valence-corrected chi connectivity index (χ2v) is 0.718. The summed E-state index contributed by atoms with van der Waals surface area (Å²) < 4.78 is 0. The average Bonchev–Trinajstić information content (AvgIpc) is 1.85. The first-order chi connectivity index (χ1) is 4.31. The summed E-state index contributed by atoms with van der Waals surface area (Å²) in [6.07, 6.45) is -1.28. The molecule has 1 amide bonds. The number of amides is 1. The molecule has 0 saturated heterocycles. The topological polar surface area (TPSA) is 124 Å². The maximum Gasteiger partial charge on any atom is 0.408 e. The van der Waals surface area contributed by atoms with Gasteiger partial charge in [-0.2, -0.15) is 0 Å². The van der Waals surface area contributed by atoms with Crippen molar-refractivity contribution in [2.45, 2.75) is 0 Å². The van der Waals surface area contributed by atoms with Gasteiger partial charge in [-0.15, -0.1) is 0 Å². The number of rotatable bonds is 1. The molecule has 0 aliphatic rings. The van der Waals surface area contributed by atoms with Crippen LogP contribution in [0.2, 0.25) is 0 Å². The minimum absolute atomic E-state index is 1.28. The smallest absolute Gasteiger partial charge is 0.354 e. The van der Waals surface area contributed by atoms with Gasteiger partial charge in [0.15, 0.2) is 0 Å². The van der Waals surface area contributed by atoms with Crippen LogP contribution in [0.3, 0.4) is 0 Å². The highest BCUT2D eigenvalue weighted by Crippen LogP contribution is 1.83. The average molecular weight is 128 g/mol. The Morgan fingerprint density at radius 2 is 2.11 bits per heavy atom. The monoisotopic (exact) mass is 128 g/mol. The van der Waals surface area contributed by atoms with Crippen molar-refractivity contribution < 1.29 is 9.63 Å². The molecule has 9 heavy (non-hydrogen) atoms. The molecule has 0 N–H and O–H groups in total. The van der Waals surface area contributed by atoms with Gasteiger partial charge in [0.25, 0.3) is 0 Å². The molecule has 8 nitrogen and oxygen atoms in total. The molecule has 0 radical (unpaired) electrons. The molecule has 0 fully saturated rings. The molecule has 0 heterocycles. The van der Waals surface area contributed by atoms with E-state index in [2.05, 4.69) is 25.1 Å². The van der Waals surface area contributed by atoms with Crippen LogP contribution in [0.1, 0.15) is 0 Å². The van der Waals surface area contributed by atoms with Crippen LogP contribution in [0.25, 0.3) is 20.9 Å². The number of hydrogen-bond acceptors (Lipinski definition) is 3. The third kappa shape index (κ3) is 3.93. The molecule has 0 unspecified atom stereocenters. The van der Waals surface area contributed by atoms with Gasteiger partial charge in [0.05, 0.1) is 0 Å². The Labute approximate surface area is 48.2 Å². The van der Waals surface area contributed by atoms with Crippen LogP contribution >= 0.6 is 0 Å². The Morgan fingerprint density at radius 1 is 1.44 bits per heavy atom. The number of nitrogens with zero attached hydrogens (tertiary/aromatic N) is 6. The van der Waals surface area contributed by atoms with Gasteiger partial charge >= 0.3 is 6.09 Å². The van der Waals surface area contributed by atoms with Crippen molar-refractivity contribution in [1.82, 2.24) is 0 Å². The summed E-state index contributed by atoms with van der Waals surface area (Å²) in [7, 11) is 0. The van der Waals surface area contributed by atoms with E-state index in [4.69, 9.17) is 11.1 Å². The largest absolute Gasteiger partial charge is 0.408 e. The maximum absolute atomic E-state index is 9.89. The quantitative estimate of drug-likeness (QED) is 0.230. The fourth-order valence-electron chi connectivity index (χ4n) is 0.108. The van der Waals surface area contributed by atoms with Gasteiger partial charge in [0, 0.05) is 14.9 Å². The Morgan fingerprint density at radius 3 is 2.56 bits per heavy atom. The zero-order valence-electron chi connectivity index (χ0n) is 4.00. The first-order valence-electron chi connectivity index (χ1n) is 1.61. The van der Waals surface area contributed by atoms with Gasteiger partial charge < -0.3 is 4.84 Å². The van der Waals surface area contributed by atoms with Crippen molar-refractivity contribution in [2.75, 3.05) is 0 Å². The van der Waals surface area contributed by atoms with Crippen molar-refractivity contribution in [3.63, 3.8) is 0 Å². The van der Waals surface area contributed by atoms with Crippen LogP contribution in [0, 0.1) is 0 Å². The van der Waals surface area contributed by atoms with Gasteiger partial charge in [-0.1, -0.05) is 0 Å². The second kappa shape index (κ2) is 4.25. The summed E-state index contributed by atoms with van der Waals surface area (Å²) in [5.41, 5.74) is 15.1. The Kier molecular flexibility index (Phi) is 3.35. The van der Waals surface area contributed by atoms with Crippen LogP contribution in [0.4, 0.5) is 4.79 Å². The van der Waals surface area contributed by atoms with E-state index >= 15 is 0 Å². The van der Waals surface area contributed by atoms with Crippen molar-refractivity contribution in [3.05, 3.63) is 20.9 Å². The number of carbonyl (C=O) groups excluding carboxylic acids is 1. The third-order valence-corrected chi connectivity index (χ3v) is 0.282. The van der Waals surface area contributed by atoms with Crippen molar-refractivity contribution in [1.29, 1.82) is 0 Å². The molecule has 0 bridgehead atoms. The summed E-state index contributed by atoms with van der Waals surface area (Å²) in [5.74, 6) is 0. The third-order valence-electron chi connectivity index (χ3n) is 0.282. The summed E-state index contributed by atoms with van der Waals surface area (Å²) in [4.78, 5) is 17.6. The lowest BCUT2D eigenvalue weighted by molar-refractivity contribution is 0.159. The molecule has 0 aromatic heterocycles. The molecule has 0 rings (SSSR count). The van der Waals surface area contributed by atoms with E-state index in [0.29, 0.717) is 0 Å². The second-order valence-electron chi connectivity index (χ2n) is 0.718. The summed E-state index contributed by atoms with van der Waals surface area (Å²) in [6, 6.07) is 0. The van der Waals surface area contributed by atoms with Gasteiger partial charge in [-0.3, -0.25) is 0 Å². The van der Waals surface area contributed by atoms with Crippen LogP contribution in [-0.4, -0.2) is 6.09 Å². The van der Waals surface area contributed by atoms with Crippen LogP contribution < -0.4 is 0 Å². The van der Waals surface area contributed by atoms with Crippen molar-refractivity contribution in [2.24, 2.45) is 10.4 Å². The zero-order chi connectivity index (χ0) is 7.11. The lowest BCUT2D eigenvalue weighted by atomic mass is 11.3. The number of carbonyl (C=O) groups is 1. The molecule has 0 aromatic rings. The first kappa shape index (κ1) is 7.09. The van der Waals surface area contributed by atoms with Crippen molar-refractivity contribution >= 4 is 6.09 Å². The van der Waals surface area contributed by atoms with Crippen LogP contribution in [0.5, 0.6) is 0 Å². The SMILES string of the molecule is [N-]=[N+]=NOC(=O)N=[N+]=[N-]. The van der Waals surface area contributed by atoms with Gasteiger partial charge in [0.1, 0.15) is 5.28 Å². The molecular formula is CN6O2. The van der Waals surface area contributed by atoms with Gasteiger partial charge in [-0.05, 0) is 11.1 Å². The predicted octanol–water partition coefficient (Wildman–Crippen LogP) is 1.66. The fraction of sp³-hybridized carbons (Fsp3) is 0. The molecular weight excluding hydrogens is 128 g/mol. The normalized spacial score (nSPS) is 6.22. The fourth-order valence-corrected chi connectivity index (χ4v) is 0.108. The van der Waals surface area contributed by atoms with E-state index in [1.165, 1.54) is 0 Å². The maximum atomic E-state index is 9.89. The lowest BCUT2D eigenvalue weighted by Crippen LogP contribution is -1.86. The standard InChI is InChI=1S/CN6O2/c2-5-4-1(8)9-7-6-3. The molecule has 0 spiro atoms. The zero-order valence-corrected chi connectivity index (χ0v) is 4.00. The molecule has 0 aromatic carbocycles. The van der Waals surface area contributed by atoms with Crippen LogP contribution in [0.15, 0.2) is 10.4 Å². The molecule has 0 atom stereocenters. The van der Waals surface area contributed by atoms with Gasteiger partial charge in [-0.25, -0.2) is 4.79 Å². The molecule has 0 aliphatic heterocycles. The van der Waals surface area contributed by atoms with Crippen LogP contribution in [-0.2, 0) is 4.84 Å². The summed E-state index contributed by atoms with van der Waals surface area (Å²) >= 11 is 0. The van der Waals surface area contributed by atoms with E-state index in [1.54, 1.807) is 0 Å². The molecule has 8 heteroatoms. The Balaban J connectivity index is 3.77. The Bertz CT molecular complexity index is 195. The molecule has 46 valence electrons. The highest BCUT2D eigenvalue weighted by Gasteiger charge is 1.91. The Hall–Kier alpha value is -1.91. The van der Waals surface area contributed by atoms with E-state index in [9.17, 15) is 4.79 Å². The summed E-state index contributed by atoms with van der Waals surface area (Å²) in [5, 5.41) is 4.77. The number of azide groups is 2. The van der Waals surface area contributed by atoms with Crippen molar-refractivity contribution in [3.8, 4) is 0 Å². The summed E-state index contributed by atoms with van der Waals surface area (Å²) in [6.45, 7) is 0. The molecule has 0 aliphatic carbocycles. The predicted molar refractivity (Wildman–Crippen MR) is 24.8 cm³/mol. The molecule has 0 saturated carbocycles. The number of hydrogen-bond donors (Lipinski definition) is 0. The van der Waals surface area contributed by atoms with Gasteiger partial charge in [0.2, 0.25) is 0 Å². The lowest BCUT2D eigenvalue weighted by Gasteiger charge is -1.80. The highest BCUT2D eigenvalue weighted by atomic mass is 16.7. The van der Waals surface area contributed by atoms with E-state index in [0.717, 1.165) is 0 Å². The van der Waals surface area contributed by atoms with E-state index < -0.39 is 6.09 Å². The minimum Gasteiger partial charge on any atom is -0.354 e. The highest BCUT2D eigenvalue weighted by molar-refractivity contribution is 5.67. The first-order valence-corrected chi connectivity index (χ1v) is 1.61. The van der Waals surface area contributed by atoms with E-state index in [-0.39, 0.29) is 0 Å².